The molecule has 0 saturated carbocycles. The molecular formula is C20H31IN4O. The van der Waals surface area contributed by atoms with E-state index in [1.165, 1.54) is 5.56 Å². The maximum atomic E-state index is 5.61. The lowest BCUT2D eigenvalue weighted by Crippen LogP contribution is -2.38. The smallest absolute Gasteiger partial charge is 0.191 e. The van der Waals surface area contributed by atoms with Gasteiger partial charge in [0.15, 0.2) is 5.96 Å². The molecule has 6 heteroatoms. The summed E-state index contributed by atoms with van der Waals surface area (Å²) in [6.45, 7) is 10.3. The van der Waals surface area contributed by atoms with Crippen LogP contribution in [0.1, 0.15) is 32.8 Å². The number of hydrogen-bond donors (Lipinski definition) is 2. The lowest BCUT2D eigenvalue weighted by molar-refractivity contribution is 0.108. The molecule has 0 unspecified atom stereocenters. The number of benzene rings is 1. The molecule has 0 aliphatic heterocycles. The van der Waals surface area contributed by atoms with Gasteiger partial charge in [0.2, 0.25) is 0 Å². The number of para-hydroxylation sites is 1. The zero-order chi connectivity index (χ0) is 17.9. The zero-order valence-corrected chi connectivity index (χ0v) is 18.3. The molecule has 0 saturated heterocycles. The zero-order valence-electron chi connectivity index (χ0n) is 16.0. The summed E-state index contributed by atoms with van der Waals surface area (Å²) in [6.07, 6.45) is 2.81. The third-order valence-corrected chi connectivity index (χ3v) is 3.70. The first kappa shape index (κ1) is 22.6. The number of rotatable bonds is 9. The minimum absolute atomic E-state index is 0. The molecule has 0 atom stereocenters. The fourth-order valence-electron chi connectivity index (χ4n) is 2.50. The fraction of sp³-hybridized carbons (Fsp3) is 0.500. The van der Waals surface area contributed by atoms with Crippen molar-refractivity contribution in [3.63, 3.8) is 0 Å². The molecule has 144 valence electrons. The predicted molar refractivity (Wildman–Crippen MR) is 120 cm³/mol. The standard InChI is InChI=1S/C20H30N4O.HI/c1-4-21-20(23-11-7-13-25-15-16(2)3)24-14-17-10-12-22-19-9-6-5-8-18(17)19;/h5-6,8-10,12,16H,4,7,11,13-15H2,1-3H3,(H2,21,23,24);1H. The van der Waals surface area contributed by atoms with Crippen molar-refractivity contribution >= 4 is 40.8 Å². The van der Waals surface area contributed by atoms with Crippen LogP contribution in [0.15, 0.2) is 41.5 Å². The molecule has 0 bridgehead atoms. The minimum Gasteiger partial charge on any atom is -0.381 e. The molecule has 0 aliphatic rings. The molecule has 2 rings (SSSR count). The van der Waals surface area contributed by atoms with Gasteiger partial charge in [-0.2, -0.15) is 0 Å². The van der Waals surface area contributed by atoms with E-state index in [0.29, 0.717) is 12.5 Å². The van der Waals surface area contributed by atoms with Gasteiger partial charge in [-0.25, -0.2) is 4.99 Å². The summed E-state index contributed by atoms with van der Waals surface area (Å²) < 4.78 is 5.61. The van der Waals surface area contributed by atoms with Gasteiger partial charge in [0.25, 0.3) is 0 Å². The number of nitrogens with zero attached hydrogens (tertiary/aromatic N) is 2. The van der Waals surface area contributed by atoms with E-state index in [1.54, 1.807) is 0 Å². The Kier molecular flexibility index (Phi) is 11.2. The van der Waals surface area contributed by atoms with E-state index < -0.39 is 0 Å². The SMILES string of the molecule is CCNC(=NCc1ccnc2ccccc12)NCCCOCC(C)C.I. The lowest BCUT2D eigenvalue weighted by Gasteiger charge is -2.12. The average molecular weight is 470 g/mol. The fourth-order valence-corrected chi connectivity index (χ4v) is 2.50. The van der Waals surface area contributed by atoms with E-state index >= 15 is 0 Å². The quantitative estimate of drug-likeness (QED) is 0.252. The second-order valence-corrected chi connectivity index (χ2v) is 6.43. The highest BCUT2D eigenvalue weighted by atomic mass is 127. The maximum Gasteiger partial charge on any atom is 0.191 e. The van der Waals surface area contributed by atoms with Gasteiger partial charge in [0.05, 0.1) is 12.1 Å². The monoisotopic (exact) mass is 470 g/mol. The lowest BCUT2D eigenvalue weighted by atomic mass is 10.1. The molecule has 0 radical (unpaired) electrons. The van der Waals surface area contributed by atoms with Gasteiger partial charge in [-0.1, -0.05) is 32.0 Å². The van der Waals surface area contributed by atoms with Crippen LogP contribution < -0.4 is 10.6 Å². The average Bonchev–Trinajstić information content (AvgIpc) is 2.62. The molecule has 1 aromatic heterocycles. The summed E-state index contributed by atoms with van der Waals surface area (Å²) in [5.41, 5.74) is 2.19. The third kappa shape index (κ3) is 7.86. The minimum atomic E-state index is 0. The third-order valence-electron chi connectivity index (χ3n) is 3.70. The first-order valence-electron chi connectivity index (χ1n) is 9.13. The first-order valence-corrected chi connectivity index (χ1v) is 9.13. The summed E-state index contributed by atoms with van der Waals surface area (Å²) in [5.74, 6) is 1.43. The van der Waals surface area contributed by atoms with E-state index in [-0.39, 0.29) is 24.0 Å². The van der Waals surface area contributed by atoms with Gasteiger partial charge >= 0.3 is 0 Å². The highest BCUT2D eigenvalue weighted by Gasteiger charge is 2.02. The van der Waals surface area contributed by atoms with E-state index in [2.05, 4.69) is 42.5 Å². The van der Waals surface area contributed by atoms with Crippen molar-refractivity contribution in [3.8, 4) is 0 Å². The molecule has 5 nitrogen and oxygen atoms in total. The Hall–Kier alpha value is -1.41. The van der Waals surface area contributed by atoms with Crippen molar-refractivity contribution in [2.24, 2.45) is 10.9 Å². The Morgan fingerprint density at radius 3 is 2.77 bits per heavy atom. The van der Waals surface area contributed by atoms with Crippen molar-refractivity contribution in [1.29, 1.82) is 0 Å². The second kappa shape index (κ2) is 12.9. The second-order valence-electron chi connectivity index (χ2n) is 6.43. The number of aliphatic imine (C=N–C) groups is 1. The van der Waals surface area contributed by atoms with Crippen LogP contribution in [-0.2, 0) is 11.3 Å². The molecule has 0 aliphatic carbocycles. The molecule has 0 amide bonds. The van der Waals surface area contributed by atoms with Crippen LogP contribution in [0.3, 0.4) is 0 Å². The maximum absolute atomic E-state index is 5.61. The van der Waals surface area contributed by atoms with Crippen molar-refractivity contribution < 1.29 is 4.74 Å². The molecular weight excluding hydrogens is 439 g/mol. The summed E-state index contributed by atoms with van der Waals surface area (Å²) in [4.78, 5) is 9.11. The molecule has 0 fully saturated rings. The Labute approximate surface area is 174 Å². The van der Waals surface area contributed by atoms with Crippen LogP contribution in [0.5, 0.6) is 0 Å². The van der Waals surface area contributed by atoms with Crippen molar-refractivity contribution in [2.45, 2.75) is 33.7 Å². The van der Waals surface area contributed by atoms with Gasteiger partial charge in [0, 0.05) is 37.9 Å². The molecule has 1 heterocycles. The Morgan fingerprint density at radius 2 is 2.00 bits per heavy atom. The van der Waals surface area contributed by atoms with Gasteiger partial charge in [0.1, 0.15) is 0 Å². The van der Waals surface area contributed by atoms with Crippen molar-refractivity contribution in [1.82, 2.24) is 15.6 Å². The number of halogens is 1. The van der Waals surface area contributed by atoms with E-state index in [4.69, 9.17) is 9.73 Å². The predicted octanol–water partition coefficient (Wildman–Crippen LogP) is 3.97. The van der Waals surface area contributed by atoms with Gasteiger partial charge in [-0.05, 0) is 37.0 Å². The number of fused-ring (bicyclic) bond motifs is 1. The number of aromatic nitrogens is 1. The molecule has 26 heavy (non-hydrogen) atoms. The van der Waals surface area contributed by atoms with Gasteiger partial charge < -0.3 is 15.4 Å². The van der Waals surface area contributed by atoms with Crippen molar-refractivity contribution in [3.05, 3.63) is 42.1 Å². The van der Waals surface area contributed by atoms with Crippen LogP contribution in [0.25, 0.3) is 10.9 Å². The number of ether oxygens (including phenoxy) is 1. The normalized spacial score (nSPS) is 11.5. The first-order chi connectivity index (χ1) is 12.2. The summed E-state index contributed by atoms with van der Waals surface area (Å²) >= 11 is 0. The number of guanidine groups is 1. The van der Waals surface area contributed by atoms with Crippen molar-refractivity contribution in [2.75, 3.05) is 26.3 Å². The van der Waals surface area contributed by atoms with Gasteiger partial charge in [-0.15, -0.1) is 24.0 Å². The molecule has 2 aromatic rings. The number of pyridine rings is 1. The number of hydrogen-bond acceptors (Lipinski definition) is 3. The summed E-state index contributed by atoms with van der Waals surface area (Å²) in [7, 11) is 0. The van der Waals surface area contributed by atoms with Crippen LogP contribution in [0.4, 0.5) is 0 Å². The Morgan fingerprint density at radius 1 is 1.19 bits per heavy atom. The van der Waals surface area contributed by atoms with Gasteiger partial charge in [-0.3, -0.25) is 4.98 Å². The van der Waals surface area contributed by atoms with E-state index in [0.717, 1.165) is 49.6 Å². The van der Waals surface area contributed by atoms with Crippen LogP contribution in [-0.4, -0.2) is 37.2 Å². The molecule has 2 N–H and O–H groups in total. The highest BCUT2D eigenvalue weighted by molar-refractivity contribution is 14.0. The Bertz CT molecular complexity index is 670. The largest absolute Gasteiger partial charge is 0.381 e. The van der Waals surface area contributed by atoms with Crippen LogP contribution in [0, 0.1) is 5.92 Å². The highest BCUT2D eigenvalue weighted by Crippen LogP contribution is 2.16. The van der Waals surface area contributed by atoms with E-state index in [1.807, 2.05) is 30.5 Å². The molecule has 1 aromatic carbocycles. The summed E-state index contributed by atoms with van der Waals surface area (Å²) in [6, 6.07) is 10.2. The Balaban J connectivity index is 0.00000338. The topological polar surface area (TPSA) is 58.5 Å². The molecule has 0 spiro atoms. The number of nitrogens with one attached hydrogen (secondary N) is 2. The van der Waals surface area contributed by atoms with E-state index in [9.17, 15) is 0 Å². The van der Waals surface area contributed by atoms with Crippen LogP contribution >= 0.6 is 24.0 Å². The summed E-state index contributed by atoms with van der Waals surface area (Å²) in [5, 5.41) is 7.82. The van der Waals surface area contributed by atoms with Crippen LogP contribution in [0.2, 0.25) is 0 Å².